The predicted molar refractivity (Wildman–Crippen MR) is 65.9 cm³/mol. The van der Waals surface area contributed by atoms with Crippen molar-refractivity contribution in [1.82, 2.24) is 0 Å². The molecule has 1 nitrogen and oxygen atoms in total. The van der Waals surface area contributed by atoms with Crippen molar-refractivity contribution in [2.45, 2.75) is 45.4 Å². The maximum absolute atomic E-state index is 6.04. The summed E-state index contributed by atoms with van der Waals surface area (Å²) in [5, 5.41) is 0. The largest absolute Gasteiger partial charge is 0.398 e. The van der Waals surface area contributed by atoms with Gasteiger partial charge in [0, 0.05) is 5.69 Å². The lowest BCUT2D eigenvalue weighted by molar-refractivity contribution is 0.357. The van der Waals surface area contributed by atoms with Gasteiger partial charge in [-0.3, -0.25) is 0 Å². The van der Waals surface area contributed by atoms with Crippen LogP contribution < -0.4 is 5.73 Å². The Hall–Kier alpha value is -0.980. The van der Waals surface area contributed by atoms with E-state index in [-0.39, 0.29) is 0 Å². The van der Waals surface area contributed by atoms with Gasteiger partial charge in [-0.05, 0) is 36.5 Å². The SMILES string of the molecule is Cc1ccc(CC2CCCCC2)c(N)c1. The topological polar surface area (TPSA) is 26.0 Å². The molecule has 0 spiro atoms. The van der Waals surface area contributed by atoms with Crippen molar-refractivity contribution in [1.29, 1.82) is 0 Å². The van der Waals surface area contributed by atoms with Crippen LogP contribution in [0.5, 0.6) is 0 Å². The van der Waals surface area contributed by atoms with Crippen molar-refractivity contribution >= 4 is 5.69 Å². The van der Waals surface area contributed by atoms with E-state index in [1.807, 2.05) is 0 Å². The van der Waals surface area contributed by atoms with Gasteiger partial charge in [0.2, 0.25) is 0 Å². The van der Waals surface area contributed by atoms with Crippen molar-refractivity contribution in [2.75, 3.05) is 5.73 Å². The van der Waals surface area contributed by atoms with Gasteiger partial charge in [0.05, 0.1) is 0 Å². The van der Waals surface area contributed by atoms with Crippen LogP contribution in [-0.2, 0) is 6.42 Å². The number of hydrogen-bond donors (Lipinski definition) is 1. The zero-order chi connectivity index (χ0) is 10.7. The molecule has 1 fully saturated rings. The fourth-order valence-corrected chi connectivity index (χ4v) is 2.60. The lowest BCUT2D eigenvalue weighted by Crippen LogP contribution is -2.10. The summed E-state index contributed by atoms with van der Waals surface area (Å²) in [6, 6.07) is 6.48. The Morgan fingerprint density at radius 3 is 2.60 bits per heavy atom. The van der Waals surface area contributed by atoms with Gasteiger partial charge in [0.25, 0.3) is 0 Å². The minimum Gasteiger partial charge on any atom is -0.398 e. The lowest BCUT2D eigenvalue weighted by atomic mass is 9.84. The highest BCUT2D eigenvalue weighted by Gasteiger charge is 2.14. The normalized spacial score (nSPS) is 17.9. The quantitative estimate of drug-likeness (QED) is 0.729. The van der Waals surface area contributed by atoms with E-state index < -0.39 is 0 Å². The molecular formula is C14H21N. The van der Waals surface area contributed by atoms with Gasteiger partial charge in [0.15, 0.2) is 0 Å². The molecule has 1 saturated carbocycles. The fraction of sp³-hybridized carbons (Fsp3) is 0.571. The number of anilines is 1. The zero-order valence-corrected chi connectivity index (χ0v) is 9.63. The summed E-state index contributed by atoms with van der Waals surface area (Å²) in [4.78, 5) is 0. The molecule has 0 unspecified atom stereocenters. The molecule has 0 atom stereocenters. The first-order chi connectivity index (χ1) is 7.25. The van der Waals surface area contributed by atoms with Crippen LogP contribution in [-0.4, -0.2) is 0 Å². The van der Waals surface area contributed by atoms with Crippen LogP contribution in [0, 0.1) is 12.8 Å². The van der Waals surface area contributed by atoms with Crippen LogP contribution in [0.3, 0.4) is 0 Å². The van der Waals surface area contributed by atoms with Crippen LogP contribution in [0.25, 0.3) is 0 Å². The van der Waals surface area contributed by atoms with E-state index in [0.29, 0.717) is 0 Å². The molecule has 0 amide bonds. The number of aryl methyl sites for hydroxylation is 1. The third-order valence-corrected chi connectivity index (χ3v) is 3.53. The van der Waals surface area contributed by atoms with Gasteiger partial charge in [-0.15, -0.1) is 0 Å². The Labute approximate surface area is 92.7 Å². The minimum absolute atomic E-state index is 0.878. The molecule has 1 heteroatoms. The van der Waals surface area contributed by atoms with Crippen LogP contribution in [0.2, 0.25) is 0 Å². The van der Waals surface area contributed by atoms with E-state index >= 15 is 0 Å². The fourth-order valence-electron chi connectivity index (χ4n) is 2.60. The van der Waals surface area contributed by atoms with Crippen LogP contribution in [0.1, 0.15) is 43.2 Å². The van der Waals surface area contributed by atoms with Gasteiger partial charge in [-0.1, -0.05) is 44.2 Å². The Morgan fingerprint density at radius 2 is 1.93 bits per heavy atom. The summed E-state index contributed by atoms with van der Waals surface area (Å²) < 4.78 is 0. The van der Waals surface area contributed by atoms with Crippen molar-refractivity contribution in [3.63, 3.8) is 0 Å². The Bertz CT molecular complexity index is 324. The number of benzene rings is 1. The van der Waals surface area contributed by atoms with Crippen molar-refractivity contribution in [3.05, 3.63) is 29.3 Å². The molecule has 82 valence electrons. The van der Waals surface area contributed by atoms with Gasteiger partial charge in [-0.25, -0.2) is 0 Å². The zero-order valence-electron chi connectivity index (χ0n) is 9.63. The molecule has 1 aliphatic carbocycles. The van der Waals surface area contributed by atoms with Crippen molar-refractivity contribution < 1.29 is 0 Å². The van der Waals surface area contributed by atoms with E-state index in [4.69, 9.17) is 5.73 Å². The summed E-state index contributed by atoms with van der Waals surface area (Å²) in [7, 11) is 0. The highest BCUT2D eigenvalue weighted by molar-refractivity contribution is 5.49. The standard InChI is InChI=1S/C14H21N/c1-11-7-8-13(14(15)9-11)10-12-5-3-2-4-6-12/h7-9,12H,2-6,10,15H2,1H3. The van der Waals surface area contributed by atoms with E-state index in [0.717, 1.165) is 11.6 Å². The molecule has 15 heavy (non-hydrogen) atoms. The number of nitrogen functional groups attached to an aromatic ring is 1. The number of rotatable bonds is 2. The van der Waals surface area contributed by atoms with Crippen molar-refractivity contribution in [2.24, 2.45) is 5.92 Å². The van der Waals surface area contributed by atoms with Gasteiger partial charge < -0.3 is 5.73 Å². The maximum atomic E-state index is 6.04. The number of nitrogens with two attached hydrogens (primary N) is 1. The summed E-state index contributed by atoms with van der Waals surface area (Å²) in [6.07, 6.45) is 8.24. The average Bonchev–Trinajstić information content (AvgIpc) is 2.24. The minimum atomic E-state index is 0.878. The smallest absolute Gasteiger partial charge is 0.0349 e. The van der Waals surface area contributed by atoms with E-state index in [1.165, 1.54) is 49.7 Å². The molecule has 0 saturated heterocycles. The molecule has 1 aliphatic rings. The maximum Gasteiger partial charge on any atom is 0.0349 e. The molecule has 0 aliphatic heterocycles. The summed E-state index contributed by atoms with van der Waals surface area (Å²) in [5.74, 6) is 0.878. The predicted octanol–water partition coefficient (Wildman–Crippen LogP) is 3.70. The third kappa shape index (κ3) is 2.74. The van der Waals surface area contributed by atoms with Crippen LogP contribution in [0.15, 0.2) is 18.2 Å². The second-order valence-corrected chi connectivity index (χ2v) is 4.91. The summed E-state index contributed by atoms with van der Waals surface area (Å²) in [6.45, 7) is 2.10. The highest BCUT2D eigenvalue weighted by Crippen LogP contribution is 2.28. The number of hydrogen-bond acceptors (Lipinski definition) is 1. The van der Waals surface area contributed by atoms with Crippen LogP contribution >= 0.6 is 0 Å². The molecule has 0 bridgehead atoms. The molecule has 1 aromatic rings. The molecular weight excluding hydrogens is 182 g/mol. The van der Waals surface area contributed by atoms with E-state index in [9.17, 15) is 0 Å². The first-order valence-electron chi connectivity index (χ1n) is 6.11. The Kier molecular flexibility index (Phi) is 3.30. The summed E-state index contributed by atoms with van der Waals surface area (Å²) in [5.41, 5.74) is 9.64. The first kappa shape index (κ1) is 10.5. The average molecular weight is 203 g/mol. The van der Waals surface area contributed by atoms with Gasteiger partial charge in [0.1, 0.15) is 0 Å². The van der Waals surface area contributed by atoms with Crippen LogP contribution in [0.4, 0.5) is 5.69 Å². The molecule has 0 radical (unpaired) electrons. The Balaban J connectivity index is 2.03. The second-order valence-electron chi connectivity index (χ2n) is 4.91. The molecule has 2 rings (SSSR count). The second kappa shape index (κ2) is 4.69. The van der Waals surface area contributed by atoms with E-state index in [1.54, 1.807) is 0 Å². The van der Waals surface area contributed by atoms with Gasteiger partial charge >= 0.3 is 0 Å². The van der Waals surface area contributed by atoms with Gasteiger partial charge in [-0.2, -0.15) is 0 Å². The first-order valence-corrected chi connectivity index (χ1v) is 6.11. The Morgan fingerprint density at radius 1 is 1.20 bits per heavy atom. The molecule has 1 aromatic carbocycles. The molecule has 0 aromatic heterocycles. The monoisotopic (exact) mass is 203 g/mol. The third-order valence-electron chi connectivity index (χ3n) is 3.53. The summed E-state index contributed by atoms with van der Waals surface area (Å²) >= 11 is 0. The van der Waals surface area contributed by atoms with E-state index in [2.05, 4.69) is 25.1 Å². The van der Waals surface area contributed by atoms with Crippen molar-refractivity contribution in [3.8, 4) is 0 Å². The molecule has 2 N–H and O–H groups in total. The highest BCUT2D eigenvalue weighted by atomic mass is 14.6. The lowest BCUT2D eigenvalue weighted by Gasteiger charge is -2.22. The molecule has 0 heterocycles.